The monoisotopic (exact) mass is 255 g/mol. The molecule has 0 amide bonds. The van der Waals surface area contributed by atoms with Crippen LogP contribution >= 0.6 is 0 Å². The molecule has 0 spiro atoms. The van der Waals surface area contributed by atoms with E-state index in [1.54, 1.807) is 24.3 Å². The van der Waals surface area contributed by atoms with Crippen LogP contribution in [0.5, 0.6) is 0 Å². The lowest BCUT2D eigenvalue weighted by Crippen LogP contribution is -2.99. The number of benzene rings is 2. The van der Waals surface area contributed by atoms with Gasteiger partial charge in [-0.3, -0.25) is 0 Å². The topological polar surface area (TPSA) is 76.4 Å². The minimum atomic E-state index is -0.952. The van der Waals surface area contributed by atoms with Gasteiger partial charge in [0, 0.05) is 6.07 Å². The average Bonchev–Trinajstić information content (AvgIpc) is 2.81. The molecule has 3 N–H and O–H groups in total. The fourth-order valence-electron chi connectivity index (χ4n) is 2.13. The fourth-order valence-corrected chi connectivity index (χ4v) is 2.13. The first kappa shape index (κ1) is 11.9. The summed E-state index contributed by atoms with van der Waals surface area (Å²) >= 11 is 0. The number of quaternary nitrogens is 1. The van der Waals surface area contributed by atoms with Crippen molar-refractivity contribution in [1.82, 2.24) is 9.97 Å². The zero-order valence-electron chi connectivity index (χ0n) is 10.3. The quantitative estimate of drug-likeness (QED) is 0.612. The van der Waals surface area contributed by atoms with Crippen molar-refractivity contribution in [1.29, 1.82) is 0 Å². The molecule has 0 aliphatic rings. The average molecular weight is 255 g/mol. The lowest BCUT2D eigenvalue weighted by Gasteiger charge is -2.14. The molecule has 1 unspecified atom stereocenters. The maximum absolute atomic E-state index is 11.2. The molecule has 96 valence electrons. The molecule has 0 fully saturated rings. The van der Waals surface area contributed by atoms with Crippen LogP contribution in [-0.2, 0) is 0 Å². The molecule has 0 aliphatic heterocycles. The van der Waals surface area contributed by atoms with Gasteiger partial charge in [0.05, 0.1) is 16.6 Å². The molecule has 3 aromatic rings. The van der Waals surface area contributed by atoms with E-state index in [0.29, 0.717) is 11.4 Å². The van der Waals surface area contributed by atoms with Crippen molar-refractivity contribution >= 4 is 16.7 Å². The summed E-state index contributed by atoms with van der Waals surface area (Å²) in [6, 6.07) is 12.8. The first-order chi connectivity index (χ1) is 9.15. The van der Waals surface area contributed by atoms with Crippen molar-refractivity contribution in [3.05, 3.63) is 53.2 Å². The van der Waals surface area contributed by atoms with E-state index in [1.165, 1.54) is 0 Å². The van der Waals surface area contributed by atoms with Gasteiger partial charge < -0.3 is 10.2 Å². The molecule has 5 nitrogen and oxygen atoms in total. The molecule has 0 saturated carbocycles. The van der Waals surface area contributed by atoms with Gasteiger partial charge in [0.25, 0.3) is 0 Å². The Morgan fingerprint density at radius 2 is 2.00 bits per heavy atom. The Morgan fingerprint density at radius 1 is 1.21 bits per heavy atom. The van der Waals surface area contributed by atoms with Crippen molar-refractivity contribution in [3.63, 3.8) is 0 Å². The van der Waals surface area contributed by atoms with Crippen LogP contribution in [0.15, 0.2) is 42.5 Å². The Morgan fingerprint density at radius 3 is 2.79 bits per heavy atom. The number of rotatable bonds is 2. The van der Waals surface area contributed by atoms with Gasteiger partial charge in [-0.05, 0) is 30.7 Å². The second-order valence-electron chi connectivity index (χ2n) is 4.46. The molecular formula is C14H13N3O2. The Labute approximate surface area is 109 Å². The van der Waals surface area contributed by atoms with E-state index < -0.39 is 5.23 Å². The van der Waals surface area contributed by atoms with Gasteiger partial charge in [0.2, 0.25) is 0 Å². The van der Waals surface area contributed by atoms with Gasteiger partial charge in [-0.1, -0.05) is 18.2 Å². The van der Waals surface area contributed by atoms with Crippen LogP contribution < -0.4 is 5.23 Å². The largest absolute Gasteiger partial charge is 0.595 e. The van der Waals surface area contributed by atoms with Gasteiger partial charge >= 0.3 is 0 Å². The first-order valence-corrected chi connectivity index (χ1v) is 5.94. The molecule has 0 radical (unpaired) electrons. The standard InChI is InChI=1S/C14H13N3O2/c1-9-6-7-11-12(8-9)16-14(15-11)10-4-2-3-5-13(10)17(18)19/h2-8,17-18H,1H3,(H,15,16). The summed E-state index contributed by atoms with van der Waals surface area (Å²) in [4.78, 5) is 7.62. The molecule has 1 heterocycles. The van der Waals surface area contributed by atoms with Crippen LogP contribution in [0.25, 0.3) is 22.4 Å². The van der Waals surface area contributed by atoms with Crippen LogP contribution in [-0.4, -0.2) is 15.2 Å². The van der Waals surface area contributed by atoms with Gasteiger partial charge in [-0.2, -0.15) is 5.23 Å². The maximum Gasteiger partial charge on any atom is 0.174 e. The number of fused-ring (bicyclic) bond motifs is 1. The molecule has 3 rings (SSSR count). The molecule has 5 heteroatoms. The van der Waals surface area contributed by atoms with Crippen molar-refractivity contribution in [2.75, 3.05) is 0 Å². The predicted molar refractivity (Wildman–Crippen MR) is 72.0 cm³/mol. The number of nitrogens with one attached hydrogen (secondary N) is 2. The van der Waals surface area contributed by atoms with Crippen LogP contribution in [0.1, 0.15) is 5.56 Å². The zero-order valence-corrected chi connectivity index (χ0v) is 10.3. The van der Waals surface area contributed by atoms with E-state index in [0.717, 1.165) is 16.6 Å². The SMILES string of the molecule is Cc1ccc2nc(-c3ccccc3[NH+]([O-])O)[nH]c2c1. The molecule has 0 bridgehead atoms. The van der Waals surface area contributed by atoms with Gasteiger partial charge in [0.15, 0.2) is 5.69 Å². The van der Waals surface area contributed by atoms with Crippen LogP contribution in [0.3, 0.4) is 0 Å². The van der Waals surface area contributed by atoms with Gasteiger partial charge in [-0.25, -0.2) is 10.2 Å². The molecule has 19 heavy (non-hydrogen) atoms. The molecule has 0 aliphatic carbocycles. The van der Waals surface area contributed by atoms with Crippen LogP contribution in [0.4, 0.5) is 5.69 Å². The third-order valence-electron chi connectivity index (χ3n) is 3.05. The molecular weight excluding hydrogens is 242 g/mol. The van der Waals surface area contributed by atoms with Crippen LogP contribution in [0.2, 0.25) is 0 Å². The number of imidazole rings is 1. The van der Waals surface area contributed by atoms with Crippen LogP contribution in [0, 0.1) is 12.1 Å². The van der Waals surface area contributed by atoms with E-state index in [-0.39, 0.29) is 5.69 Å². The fraction of sp³-hybridized carbons (Fsp3) is 0.0714. The minimum Gasteiger partial charge on any atom is -0.595 e. The molecule has 2 aromatic carbocycles. The lowest BCUT2D eigenvalue weighted by molar-refractivity contribution is -0.991. The number of aromatic amines is 1. The second-order valence-corrected chi connectivity index (χ2v) is 4.46. The Kier molecular flexibility index (Phi) is 2.79. The number of hydrogen-bond donors (Lipinski definition) is 3. The van der Waals surface area contributed by atoms with Gasteiger partial charge in [-0.15, -0.1) is 0 Å². The van der Waals surface area contributed by atoms with E-state index in [4.69, 9.17) is 0 Å². The predicted octanol–water partition coefficient (Wildman–Crippen LogP) is 1.94. The molecule has 1 atom stereocenters. The molecule has 0 saturated heterocycles. The highest BCUT2D eigenvalue weighted by Crippen LogP contribution is 2.25. The summed E-state index contributed by atoms with van der Waals surface area (Å²) in [5, 5.41) is 19.5. The lowest BCUT2D eigenvalue weighted by atomic mass is 10.2. The van der Waals surface area contributed by atoms with Gasteiger partial charge in [0.1, 0.15) is 5.82 Å². The third kappa shape index (κ3) is 2.10. The summed E-state index contributed by atoms with van der Waals surface area (Å²) in [7, 11) is 0. The van der Waals surface area contributed by atoms with Crippen molar-refractivity contribution in [3.8, 4) is 11.4 Å². The number of hydrogen-bond acceptors (Lipinski definition) is 3. The van der Waals surface area contributed by atoms with Crippen molar-refractivity contribution < 1.29 is 10.4 Å². The highest BCUT2D eigenvalue weighted by atomic mass is 16.8. The second kappa shape index (κ2) is 4.47. The van der Waals surface area contributed by atoms with E-state index in [9.17, 15) is 10.4 Å². The summed E-state index contributed by atoms with van der Waals surface area (Å²) in [6.45, 7) is 2.01. The van der Waals surface area contributed by atoms with E-state index >= 15 is 0 Å². The minimum absolute atomic E-state index is 0.248. The highest BCUT2D eigenvalue weighted by molar-refractivity contribution is 5.81. The highest BCUT2D eigenvalue weighted by Gasteiger charge is 2.13. The molecule has 1 aromatic heterocycles. The maximum atomic E-state index is 11.2. The first-order valence-electron chi connectivity index (χ1n) is 5.94. The third-order valence-corrected chi connectivity index (χ3v) is 3.05. The smallest absolute Gasteiger partial charge is 0.174 e. The number of aryl methyl sites for hydroxylation is 1. The van der Waals surface area contributed by atoms with Crippen molar-refractivity contribution in [2.45, 2.75) is 6.92 Å². The van der Waals surface area contributed by atoms with E-state index in [2.05, 4.69) is 9.97 Å². The number of para-hydroxylation sites is 1. The number of H-pyrrole nitrogens is 1. The Balaban J connectivity index is 2.19. The Bertz CT molecular complexity index is 734. The Hall–Kier alpha value is -2.21. The number of aromatic nitrogens is 2. The summed E-state index contributed by atoms with van der Waals surface area (Å²) in [5.74, 6) is 0.582. The van der Waals surface area contributed by atoms with Crippen molar-refractivity contribution in [2.24, 2.45) is 0 Å². The summed E-state index contributed by atoms with van der Waals surface area (Å²) < 4.78 is 0. The normalized spacial score (nSPS) is 12.8. The number of nitrogens with zero attached hydrogens (tertiary/aromatic N) is 1. The zero-order chi connectivity index (χ0) is 13.4. The van der Waals surface area contributed by atoms with E-state index in [1.807, 2.05) is 25.1 Å². The summed E-state index contributed by atoms with van der Waals surface area (Å²) in [6.07, 6.45) is 0. The summed E-state index contributed by atoms with van der Waals surface area (Å²) in [5.41, 5.74) is 3.73.